The molecule has 0 atom stereocenters. The number of carbonyl (C=O) groups is 1. The van der Waals surface area contributed by atoms with Crippen LogP contribution in [0.25, 0.3) is 0 Å². The number of hydrogen-bond acceptors (Lipinski definition) is 4. The van der Waals surface area contributed by atoms with Crippen molar-refractivity contribution < 1.29 is 4.79 Å². The third kappa shape index (κ3) is 3.08. The van der Waals surface area contributed by atoms with Crippen molar-refractivity contribution in [3.8, 4) is 0 Å². The van der Waals surface area contributed by atoms with Gasteiger partial charge in [-0.2, -0.15) is 0 Å². The van der Waals surface area contributed by atoms with Gasteiger partial charge in [0.25, 0.3) is 5.91 Å². The summed E-state index contributed by atoms with van der Waals surface area (Å²) in [4.78, 5) is 17.8. The molecule has 2 rings (SSSR count). The zero-order valence-electron chi connectivity index (χ0n) is 8.94. The van der Waals surface area contributed by atoms with E-state index in [0.717, 1.165) is 9.37 Å². The Kier molecular flexibility index (Phi) is 4.20. The van der Waals surface area contributed by atoms with Crippen LogP contribution in [0.15, 0.2) is 39.1 Å². The molecule has 17 heavy (non-hydrogen) atoms. The average Bonchev–Trinajstić information content (AvgIpc) is 2.76. The third-order valence-electron chi connectivity index (χ3n) is 2.04. The summed E-state index contributed by atoms with van der Waals surface area (Å²) < 4.78 is 0.806. The summed E-state index contributed by atoms with van der Waals surface area (Å²) in [5.41, 5.74) is 0. The van der Waals surface area contributed by atoms with Crippen LogP contribution in [0.2, 0.25) is 0 Å². The molecule has 0 saturated heterocycles. The van der Waals surface area contributed by atoms with Crippen LogP contribution in [-0.4, -0.2) is 17.1 Å². The van der Waals surface area contributed by atoms with E-state index in [1.54, 1.807) is 24.0 Å². The summed E-state index contributed by atoms with van der Waals surface area (Å²) in [6, 6.07) is 5.58. The molecule has 0 bridgehead atoms. The van der Waals surface area contributed by atoms with Crippen LogP contribution in [-0.2, 0) is 0 Å². The molecule has 2 aromatic rings. The summed E-state index contributed by atoms with van der Waals surface area (Å²) in [6.07, 6.45) is 3.72. The van der Waals surface area contributed by atoms with Gasteiger partial charge in [0.1, 0.15) is 10.7 Å². The molecule has 3 nitrogen and oxygen atoms in total. The van der Waals surface area contributed by atoms with Crippen molar-refractivity contribution in [2.24, 2.45) is 0 Å². The molecule has 0 radical (unpaired) electrons. The first-order chi connectivity index (χ1) is 8.20. The second kappa shape index (κ2) is 5.66. The Labute approximate surface area is 116 Å². The molecule has 0 saturated carbocycles. The van der Waals surface area contributed by atoms with Gasteiger partial charge < -0.3 is 5.32 Å². The molecule has 0 aliphatic heterocycles. The number of nitrogens with one attached hydrogen (secondary N) is 1. The predicted octanol–water partition coefficient (Wildman–Crippen LogP) is 3.88. The van der Waals surface area contributed by atoms with Gasteiger partial charge in [-0.15, -0.1) is 23.1 Å². The van der Waals surface area contributed by atoms with Crippen molar-refractivity contribution in [1.82, 2.24) is 4.98 Å². The van der Waals surface area contributed by atoms with Gasteiger partial charge in [0, 0.05) is 15.6 Å². The van der Waals surface area contributed by atoms with E-state index in [-0.39, 0.29) is 5.91 Å². The number of anilines is 1. The predicted molar refractivity (Wildman–Crippen MR) is 76.0 cm³/mol. The fourth-order valence-electron chi connectivity index (χ4n) is 1.20. The molecule has 88 valence electrons. The lowest BCUT2D eigenvalue weighted by atomic mass is 10.4. The minimum Gasteiger partial charge on any atom is -0.306 e. The number of halogens is 1. The topological polar surface area (TPSA) is 42.0 Å². The van der Waals surface area contributed by atoms with E-state index in [9.17, 15) is 4.79 Å². The molecular weight excluding hydrogens is 320 g/mol. The molecule has 1 N–H and O–H groups in total. The molecule has 0 aromatic carbocycles. The monoisotopic (exact) mass is 328 g/mol. The number of carbonyl (C=O) groups excluding carboxylic acids is 1. The van der Waals surface area contributed by atoms with E-state index in [1.807, 2.05) is 23.8 Å². The lowest BCUT2D eigenvalue weighted by Gasteiger charge is -2.03. The highest BCUT2D eigenvalue weighted by molar-refractivity contribution is 9.10. The van der Waals surface area contributed by atoms with E-state index < -0.39 is 0 Å². The summed E-state index contributed by atoms with van der Waals surface area (Å²) in [7, 11) is 0. The van der Waals surface area contributed by atoms with E-state index in [0.29, 0.717) is 10.7 Å². The number of thiophene rings is 1. The molecule has 0 spiro atoms. The van der Waals surface area contributed by atoms with Gasteiger partial charge in [-0.25, -0.2) is 4.98 Å². The minimum atomic E-state index is -0.142. The minimum absolute atomic E-state index is 0.142. The van der Waals surface area contributed by atoms with Crippen LogP contribution in [0.5, 0.6) is 0 Å². The van der Waals surface area contributed by atoms with Gasteiger partial charge in [0.05, 0.1) is 0 Å². The number of pyridine rings is 1. The van der Waals surface area contributed by atoms with Gasteiger partial charge >= 0.3 is 0 Å². The van der Waals surface area contributed by atoms with Gasteiger partial charge in [0.2, 0.25) is 0 Å². The molecule has 1 amide bonds. The van der Waals surface area contributed by atoms with Crippen LogP contribution >= 0.6 is 39.0 Å². The molecule has 0 unspecified atom stereocenters. The Balaban J connectivity index is 2.10. The fourth-order valence-corrected chi connectivity index (χ4v) is 3.01. The van der Waals surface area contributed by atoms with Crippen molar-refractivity contribution in [3.05, 3.63) is 39.1 Å². The first-order valence-corrected chi connectivity index (χ1v) is 7.65. The Morgan fingerprint density at radius 1 is 1.47 bits per heavy atom. The number of hydrogen-bond donors (Lipinski definition) is 1. The largest absolute Gasteiger partial charge is 0.306 e. The smallest absolute Gasteiger partial charge is 0.268 e. The zero-order valence-corrected chi connectivity index (χ0v) is 12.2. The normalized spacial score (nSPS) is 10.2. The van der Waals surface area contributed by atoms with Crippen LogP contribution in [0, 0.1) is 0 Å². The maximum atomic E-state index is 11.9. The molecular formula is C11H9BrN2OS2. The van der Waals surface area contributed by atoms with Crippen LogP contribution < -0.4 is 5.32 Å². The average molecular weight is 329 g/mol. The molecule has 2 aromatic heterocycles. The lowest BCUT2D eigenvalue weighted by Crippen LogP contribution is -2.11. The first kappa shape index (κ1) is 12.6. The maximum Gasteiger partial charge on any atom is 0.268 e. The second-order valence-corrected chi connectivity index (χ2v) is 5.79. The number of nitrogens with zero attached hydrogens (tertiary/aromatic N) is 1. The first-order valence-electron chi connectivity index (χ1n) is 4.75. The van der Waals surface area contributed by atoms with E-state index in [2.05, 4.69) is 26.2 Å². The Hall–Kier alpha value is -0.850. The third-order valence-corrected chi connectivity index (χ3v) is 4.59. The van der Waals surface area contributed by atoms with Crippen LogP contribution in [0.4, 0.5) is 5.82 Å². The quantitative estimate of drug-likeness (QED) is 0.869. The van der Waals surface area contributed by atoms with E-state index in [1.165, 1.54) is 11.3 Å². The van der Waals surface area contributed by atoms with Crippen molar-refractivity contribution in [2.45, 2.75) is 4.90 Å². The van der Waals surface area contributed by atoms with E-state index >= 15 is 0 Å². The summed E-state index contributed by atoms with van der Waals surface area (Å²) in [6.45, 7) is 0. The Morgan fingerprint density at radius 3 is 2.82 bits per heavy atom. The van der Waals surface area contributed by atoms with Crippen molar-refractivity contribution in [2.75, 3.05) is 11.6 Å². The molecule has 6 heteroatoms. The van der Waals surface area contributed by atoms with Gasteiger partial charge in [-0.3, -0.25) is 4.79 Å². The molecule has 0 aliphatic carbocycles. The number of thioether (sulfide) groups is 1. The Bertz CT molecular complexity index is 525. The standard InChI is InChI=1S/C11H9BrN2OS2/c1-16-7-2-3-9(13-6-7)14-11(15)10-8(12)4-5-17-10/h2-6H,1H3,(H,13,14,15). The number of amides is 1. The van der Waals surface area contributed by atoms with Crippen molar-refractivity contribution in [3.63, 3.8) is 0 Å². The highest BCUT2D eigenvalue weighted by atomic mass is 79.9. The number of rotatable bonds is 3. The maximum absolute atomic E-state index is 11.9. The van der Waals surface area contributed by atoms with Crippen molar-refractivity contribution >= 4 is 50.8 Å². The van der Waals surface area contributed by atoms with Gasteiger partial charge in [-0.05, 0) is 45.8 Å². The lowest BCUT2D eigenvalue weighted by molar-refractivity contribution is 0.102. The highest BCUT2D eigenvalue weighted by Gasteiger charge is 2.11. The zero-order chi connectivity index (χ0) is 12.3. The fraction of sp³-hybridized carbons (Fsp3) is 0.0909. The van der Waals surface area contributed by atoms with Gasteiger partial charge in [0.15, 0.2) is 0 Å². The molecule has 0 fully saturated rings. The molecule has 0 aliphatic rings. The van der Waals surface area contributed by atoms with Crippen LogP contribution in [0.3, 0.4) is 0 Å². The summed E-state index contributed by atoms with van der Waals surface area (Å²) in [5, 5.41) is 4.62. The highest BCUT2D eigenvalue weighted by Crippen LogP contribution is 2.23. The summed E-state index contributed by atoms with van der Waals surface area (Å²) in [5.74, 6) is 0.421. The van der Waals surface area contributed by atoms with Gasteiger partial charge in [-0.1, -0.05) is 0 Å². The van der Waals surface area contributed by atoms with Crippen LogP contribution in [0.1, 0.15) is 9.67 Å². The SMILES string of the molecule is CSc1ccc(NC(=O)c2sccc2Br)nc1. The second-order valence-electron chi connectivity index (χ2n) is 3.14. The molecule has 2 heterocycles. The van der Waals surface area contributed by atoms with Crippen molar-refractivity contribution in [1.29, 1.82) is 0 Å². The Morgan fingerprint density at radius 2 is 2.29 bits per heavy atom. The summed E-state index contributed by atoms with van der Waals surface area (Å²) >= 11 is 6.34. The number of aromatic nitrogens is 1. The van der Waals surface area contributed by atoms with E-state index in [4.69, 9.17) is 0 Å².